The molecule has 0 spiro atoms. The minimum Gasteiger partial charge on any atom is -0.472 e. The summed E-state index contributed by atoms with van der Waals surface area (Å²) >= 11 is 0. The first-order valence-electron chi connectivity index (χ1n) is 8.67. The fraction of sp³-hybridized carbons (Fsp3) is 0.238. The van der Waals surface area contributed by atoms with E-state index >= 15 is 0 Å². The quantitative estimate of drug-likeness (QED) is 0.700. The van der Waals surface area contributed by atoms with Gasteiger partial charge in [-0.1, -0.05) is 12.1 Å². The van der Waals surface area contributed by atoms with Gasteiger partial charge in [0.1, 0.15) is 5.78 Å². The van der Waals surface area contributed by atoms with Crippen molar-refractivity contribution in [2.45, 2.75) is 24.7 Å². The number of aromatic nitrogens is 1. The van der Waals surface area contributed by atoms with Crippen molar-refractivity contribution in [1.82, 2.24) is 4.98 Å². The maximum absolute atomic E-state index is 13.1. The molecule has 3 heterocycles. The van der Waals surface area contributed by atoms with Crippen molar-refractivity contribution in [2.24, 2.45) is 0 Å². The second-order valence-corrected chi connectivity index (χ2v) is 6.78. The Hall–Kier alpha value is -3.08. The summed E-state index contributed by atoms with van der Waals surface area (Å²) in [5, 5.41) is 0. The molecule has 2 aromatic heterocycles. The largest absolute Gasteiger partial charge is 0.472 e. The molecule has 0 saturated heterocycles. The molecule has 1 aliphatic heterocycles. The van der Waals surface area contributed by atoms with Crippen LogP contribution in [0.25, 0.3) is 11.3 Å². The highest BCUT2D eigenvalue weighted by atomic mass is 16.7. The van der Waals surface area contributed by atoms with Gasteiger partial charge in [0.25, 0.3) is 0 Å². The molecular formula is C21H17NO4. The molecule has 5 rings (SSSR count). The third-order valence-electron chi connectivity index (χ3n) is 5.17. The van der Waals surface area contributed by atoms with Gasteiger partial charge in [-0.2, -0.15) is 0 Å². The number of benzene rings is 1. The molecule has 1 aromatic carbocycles. The zero-order valence-electron chi connectivity index (χ0n) is 14.1. The monoisotopic (exact) mass is 347 g/mol. The van der Waals surface area contributed by atoms with Gasteiger partial charge in [-0.05, 0) is 48.7 Å². The Morgan fingerprint density at radius 3 is 2.77 bits per heavy atom. The molecule has 0 radical (unpaired) electrons. The van der Waals surface area contributed by atoms with Crippen molar-refractivity contribution in [3.8, 4) is 22.8 Å². The number of rotatable bonds is 5. The molecule has 0 N–H and O–H groups in total. The number of Topliss-reactive ketones (excluding diaryl/α,β-unsaturated/α-hetero) is 1. The van der Waals surface area contributed by atoms with Crippen LogP contribution in [0.3, 0.4) is 0 Å². The molecule has 5 nitrogen and oxygen atoms in total. The van der Waals surface area contributed by atoms with Crippen LogP contribution in [0.15, 0.2) is 59.4 Å². The number of fused-ring (bicyclic) bond motifs is 1. The van der Waals surface area contributed by atoms with Crippen molar-refractivity contribution < 1.29 is 18.7 Å². The zero-order valence-corrected chi connectivity index (χ0v) is 14.1. The van der Waals surface area contributed by atoms with Crippen LogP contribution in [0.5, 0.6) is 11.5 Å². The van der Waals surface area contributed by atoms with E-state index in [1.54, 1.807) is 12.5 Å². The first-order chi connectivity index (χ1) is 12.7. The number of carbonyl (C=O) groups excluding carboxylic acids is 1. The van der Waals surface area contributed by atoms with E-state index in [1.165, 1.54) is 0 Å². The lowest BCUT2D eigenvalue weighted by molar-refractivity contribution is -0.120. The second kappa shape index (κ2) is 5.73. The molecule has 1 aliphatic carbocycles. The SMILES string of the molecule is O=C(Cc1cccc(-c2ccoc2)n1)C1(c2ccc3c(c2)OCO3)CC1. The normalized spacial score (nSPS) is 16.5. The Labute approximate surface area is 150 Å². The molecule has 130 valence electrons. The van der Waals surface area contributed by atoms with Crippen LogP contribution in [-0.4, -0.2) is 17.6 Å². The van der Waals surface area contributed by atoms with Crippen LogP contribution in [0.2, 0.25) is 0 Å². The lowest BCUT2D eigenvalue weighted by Gasteiger charge is -2.15. The maximum atomic E-state index is 13.1. The maximum Gasteiger partial charge on any atom is 0.231 e. The van der Waals surface area contributed by atoms with Gasteiger partial charge in [0.15, 0.2) is 11.5 Å². The molecule has 0 amide bonds. The summed E-state index contributed by atoms with van der Waals surface area (Å²) in [7, 11) is 0. The van der Waals surface area contributed by atoms with Gasteiger partial charge in [-0.15, -0.1) is 0 Å². The Morgan fingerprint density at radius 1 is 1.08 bits per heavy atom. The van der Waals surface area contributed by atoms with Gasteiger partial charge in [0.2, 0.25) is 6.79 Å². The van der Waals surface area contributed by atoms with Gasteiger partial charge >= 0.3 is 0 Å². The Bertz CT molecular complexity index is 973. The van der Waals surface area contributed by atoms with Crippen LogP contribution in [-0.2, 0) is 16.6 Å². The van der Waals surface area contributed by atoms with E-state index in [4.69, 9.17) is 13.9 Å². The van der Waals surface area contributed by atoms with Crippen molar-refractivity contribution >= 4 is 5.78 Å². The van der Waals surface area contributed by atoms with E-state index in [2.05, 4.69) is 4.98 Å². The summed E-state index contributed by atoms with van der Waals surface area (Å²) in [6.45, 7) is 0.241. The van der Waals surface area contributed by atoms with Crippen molar-refractivity contribution in [3.63, 3.8) is 0 Å². The topological polar surface area (TPSA) is 61.6 Å². The molecule has 0 bridgehead atoms. The summed E-state index contributed by atoms with van der Waals surface area (Å²) < 4.78 is 15.9. The molecule has 3 aromatic rings. The van der Waals surface area contributed by atoms with Crippen LogP contribution in [0, 0.1) is 0 Å². The Morgan fingerprint density at radius 2 is 1.96 bits per heavy atom. The highest BCUT2D eigenvalue weighted by Crippen LogP contribution is 2.51. The second-order valence-electron chi connectivity index (χ2n) is 6.78. The van der Waals surface area contributed by atoms with E-state index in [0.29, 0.717) is 6.42 Å². The van der Waals surface area contributed by atoms with Crippen LogP contribution >= 0.6 is 0 Å². The standard InChI is InChI=1S/C21H17NO4/c23-20(11-16-2-1-3-17(22-16)14-6-9-24-12-14)21(7-8-21)15-4-5-18-19(10-15)26-13-25-18/h1-6,9-10,12H,7-8,11,13H2. The van der Waals surface area contributed by atoms with Gasteiger partial charge in [0, 0.05) is 17.7 Å². The third kappa shape index (κ3) is 2.47. The number of hydrogen-bond donors (Lipinski definition) is 0. The Kier molecular flexibility index (Phi) is 3.35. The predicted octanol–water partition coefficient (Wildman–Crippen LogP) is 3.91. The molecule has 2 aliphatic rings. The fourth-order valence-electron chi connectivity index (χ4n) is 3.53. The number of hydrogen-bond acceptors (Lipinski definition) is 5. The minimum absolute atomic E-state index is 0.202. The summed E-state index contributed by atoms with van der Waals surface area (Å²) in [6.07, 6.45) is 5.33. The van der Waals surface area contributed by atoms with E-state index in [1.807, 2.05) is 42.5 Å². The molecule has 0 unspecified atom stereocenters. The number of ether oxygens (including phenoxy) is 2. The average Bonchev–Trinajstić information content (AvgIpc) is 3.08. The summed E-state index contributed by atoms with van der Waals surface area (Å²) in [5.74, 6) is 1.67. The molecule has 0 atom stereocenters. The van der Waals surface area contributed by atoms with E-state index in [9.17, 15) is 4.79 Å². The molecule has 1 saturated carbocycles. The highest BCUT2D eigenvalue weighted by molar-refractivity contribution is 5.94. The van der Waals surface area contributed by atoms with Gasteiger partial charge in [0.05, 0.1) is 23.6 Å². The number of pyridine rings is 1. The lowest BCUT2D eigenvalue weighted by Crippen LogP contribution is -2.23. The summed E-state index contributed by atoms with van der Waals surface area (Å²) in [5.41, 5.74) is 3.11. The third-order valence-corrected chi connectivity index (χ3v) is 5.17. The van der Waals surface area contributed by atoms with Gasteiger partial charge < -0.3 is 13.9 Å². The van der Waals surface area contributed by atoms with Crippen molar-refractivity contribution in [2.75, 3.05) is 6.79 Å². The average molecular weight is 347 g/mol. The smallest absolute Gasteiger partial charge is 0.231 e. The molecule has 1 fully saturated rings. The van der Waals surface area contributed by atoms with Crippen LogP contribution < -0.4 is 9.47 Å². The van der Waals surface area contributed by atoms with E-state index < -0.39 is 5.41 Å². The lowest BCUT2D eigenvalue weighted by atomic mass is 9.88. The fourth-order valence-corrected chi connectivity index (χ4v) is 3.53. The summed E-state index contributed by atoms with van der Waals surface area (Å²) in [6, 6.07) is 13.4. The van der Waals surface area contributed by atoms with Crippen molar-refractivity contribution in [1.29, 1.82) is 0 Å². The molecule has 26 heavy (non-hydrogen) atoms. The summed E-state index contributed by atoms with van der Waals surface area (Å²) in [4.78, 5) is 17.7. The predicted molar refractivity (Wildman–Crippen MR) is 94.1 cm³/mol. The number of nitrogens with zero attached hydrogens (tertiary/aromatic N) is 1. The minimum atomic E-state index is -0.408. The van der Waals surface area contributed by atoms with E-state index in [-0.39, 0.29) is 12.6 Å². The number of carbonyl (C=O) groups is 1. The van der Waals surface area contributed by atoms with Crippen LogP contribution in [0.1, 0.15) is 24.1 Å². The van der Waals surface area contributed by atoms with Crippen LogP contribution in [0.4, 0.5) is 0 Å². The van der Waals surface area contributed by atoms with Crippen molar-refractivity contribution in [3.05, 3.63) is 66.2 Å². The highest BCUT2D eigenvalue weighted by Gasteiger charge is 2.50. The zero-order chi connectivity index (χ0) is 17.6. The first-order valence-corrected chi connectivity index (χ1v) is 8.67. The first kappa shape index (κ1) is 15.2. The van der Waals surface area contributed by atoms with Gasteiger partial charge in [-0.3, -0.25) is 9.78 Å². The van der Waals surface area contributed by atoms with E-state index in [0.717, 1.165) is 46.9 Å². The Balaban J connectivity index is 1.40. The molecule has 5 heteroatoms. The number of furan rings is 1. The number of ketones is 1. The molecular weight excluding hydrogens is 330 g/mol. The van der Waals surface area contributed by atoms with Gasteiger partial charge in [-0.25, -0.2) is 0 Å².